The number of hydrogen-bond acceptors (Lipinski definition) is 5. The maximum atomic E-state index is 11.6. The zero-order valence-corrected chi connectivity index (χ0v) is 10.9. The zero-order chi connectivity index (χ0) is 13.6. The second-order valence-electron chi connectivity index (χ2n) is 3.93. The molecule has 7 nitrogen and oxygen atoms in total. The zero-order valence-electron chi connectivity index (χ0n) is 10.0. The quantitative estimate of drug-likeness (QED) is 0.675. The van der Waals surface area contributed by atoms with Crippen LogP contribution in [0.5, 0.6) is 0 Å². The molecule has 18 heavy (non-hydrogen) atoms. The van der Waals surface area contributed by atoms with Crippen molar-refractivity contribution < 1.29 is 22.8 Å². The van der Waals surface area contributed by atoms with Crippen LogP contribution in [0.25, 0.3) is 0 Å². The monoisotopic (exact) mass is 276 g/mol. The number of aromatic nitrogens is 1. The molecule has 1 heterocycles. The molecule has 0 radical (unpaired) electrons. The average molecular weight is 276 g/mol. The van der Waals surface area contributed by atoms with Crippen LogP contribution in [0.3, 0.4) is 0 Å². The number of nitrogens with one attached hydrogen (secondary N) is 1. The Morgan fingerprint density at radius 1 is 1.50 bits per heavy atom. The summed E-state index contributed by atoms with van der Waals surface area (Å²) in [6, 6.07) is 1.56. The van der Waals surface area contributed by atoms with Crippen molar-refractivity contribution in [1.29, 1.82) is 0 Å². The van der Waals surface area contributed by atoms with E-state index in [4.69, 9.17) is 9.63 Å². The van der Waals surface area contributed by atoms with Crippen LogP contribution in [-0.2, 0) is 20.6 Å². The van der Waals surface area contributed by atoms with Gasteiger partial charge in [-0.1, -0.05) is 5.16 Å². The van der Waals surface area contributed by atoms with Gasteiger partial charge in [-0.2, -0.15) is 0 Å². The van der Waals surface area contributed by atoms with Gasteiger partial charge in [-0.05, 0) is 19.8 Å². The minimum absolute atomic E-state index is 0.0458. The Morgan fingerprint density at radius 2 is 2.22 bits per heavy atom. The fraction of sp³-hybridized carbons (Fsp3) is 0.600. The van der Waals surface area contributed by atoms with E-state index in [-0.39, 0.29) is 18.7 Å². The summed E-state index contributed by atoms with van der Waals surface area (Å²) >= 11 is 0. The molecule has 0 spiro atoms. The lowest BCUT2D eigenvalue weighted by Crippen LogP contribution is -2.26. The molecule has 0 aliphatic rings. The highest BCUT2D eigenvalue weighted by atomic mass is 32.2. The summed E-state index contributed by atoms with van der Waals surface area (Å²) in [7, 11) is -3.44. The Kier molecular flexibility index (Phi) is 5.29. The summed E-state index contributed by atoms with van der Waals surface area (Å²) in [6.07, 6.45) is 0.981. The van der Waals surface area contributed by atoms with Gasteiger partial charge in [0.25, 0.3) is 0 Å². The van der Waals surface area contributed by atoms with Crippen LogP contribution in [-0.4, -0.2) is 31.2 Å². The molecule has 8 heteroatoms. The van der Waals surface area contributed by atoms with E-state index in [2.05, 4.69) is 9.88 Å². The van der Waals surface area contributed by atoms with Gasteiger partial charge in [-0.15, -0.1) is 0 Å². The van der Waals surface area contributed by atoms with Crippen LogP contribution in [0.2, 0.25) is 0 Å². The van der Waals surface area contributed by atoms with Gasteiger partial charge in [0.05, 0.1) is 0 Å². The first kappa shape index (κ1) is 14.7. The summed E-state index contributed by atoms with van der Waals surface area (Å²) in [5.74, 6) is -0.555. The normalized spacial score (nSPS) is 11.6. The Morgan fingerprint density at radius 3 is 2.78 bits per heavy atom. The second-order valence-corrected chi connectivity index (χ2v) is 5.74. The smallest absolute Gasteiger partial charge is 0.303 e. The molecule has 0 atom stereocenters. The van der Waals surface area contributed by atoms with Gasteiger partial charge in [-0.25, -0.2) is 13.1 Å². The minimum Gasteiger partial charge on any atom is -0.481 e. The molecule has 0 unspecified atom stereocenters. The Balaban J connectivity index is 2.30. The standard InChI is InChI=1S/C10H16N2O5S/c1-8-6-9(12-17-8)7-18(15,16)11-5-3-2-4-10(13)14/h6,11H,2-5,7H2,1H3,(H,13,14). The minimum atomic E-state index is -3.44. The molecule has 1 rings (SSSR count). The molecule has 102 valence electrons. The summed E-state index contributed by atoms with van der Waals surface area (Å²) in [6.45, 7) is 1.91. The number of hydrogen-bond donors (Lipinski definition) is 2. The van der Waals surface area contributed by atoms with Crippen molar-refractivity contribution in [3.63, 3.8) is 0 Å². The van der Waals surface area contributed by atoms with Crippen molar-refractivity contribution in [2.24, 2.45) is 0 Å². The third-order valence-electron chi connectivity index (χ3n) is 2.15. The molecule has 0 aliphatic carbocycles. The van der Waals surface area contributed by atoms with E-state index >= 15 is 0 Å². The molecule has 2 N–H and O–H groups in total. The molecule has 0 bridgehead atoms. The number of carboxylic acid groups (broad SMARTS) is 1. The highest BCUT2D eigenvalue weighted by molar-refractivity contribution is 7.88. The van der Waals surface area contributed by atoms with E-state index in [1.165, 1.54) is 0 Å². The number of aryl methyl sites for hydroxylation is 1. The fourth-order valence-corrected chi connectivity index (χ4v) is 2.44. The van der Waals surface area contributed by atoms with Crippen molar-refractivity contribution in [1.82, 2.24) is 9.88 Å². The third-order valence-corrected chi connectivity index (χ3v) is 3.47. The van der Waals surface area contributed by atoms with Gasteiger partial charge in [0.2, 0.25) is 10.0 Å². The average Bonchev–Trinajstić information content (AvgIpc) is 2.61. The van der Waals surface area contributed by atoms with E-state index in [1.54, 1.807) is 13.0 Å². The Labute approximate surface area is 105 Å². The summed E-state index contributed by atoms with van der Waals surface area (Å²) in [5, 5.41) is 12.0. The largest absolute Gasteiger partial charge is 0.481 e. The van der Waals surface area contributed by atoms with Gasteiger partial charge in [-0.3, -0.25) is 4.79 Å². The summed E-state index contributed by atoms with van der Waals surface area (Å²) < 4.78 is 30.4. The van der Waals surface area contributed by atoms with Crippen LogP contribution >= 0.6 is 0 Å². The van der Waals surface area contributed by atoms with Crippen LogP contribution in [0.15, 0.2) is 10.6 Å². The molecule has 0 saturated carbocycles. The lowest BCUT2D eigenvalue weighted by Gasteiger charge is -2.04. The van der Waals surface area contributed by atoms with Gasteiger partial charge in [0.15, 0.2) is 0 Å². The second kappa shape index (κ2) is 6.50. The number of carboxylic acids is 1. The SMILES string of the molecule is Cc1cc(CS(=O)(=O)NCCCCC(=O)O)no1. The first-order chi connectivity index (χ1) is 8.39. The predicted molar refractivity (Wildman–Crippen MR) is 63.4 cm³/mol. The van der Waals surface area contributed by atoms with E-state index in [9.17, 15) is 13.2 Å². The molecule has 0 amide bonds. The molecule has 1 aromatic rings. The van der Waals surface area contributed by atoms with Gasteiger partial charge in [0, 0.05) is 19.0 Å². The van der Waals surface area contributed by atoms with Gasteiger partial charge < -0.3 is 9.63 Å². The van der Waals surface area contributed by atoms with Crippen molar-refractivity contribution in [3.8, 4) is 0 Å². The predicted octanol–water partition coefficient (Wildman–Crippen LogP) is 0.657. The number of aliphatic carboxylic acids is 1. The van der Waals surface area contributed by atoms with Gasteiger partial charge >= 0.3 is 5.97 Å². The van der Waals surface area contributed by atoms with Crippen LogP contribution in [0.1, 0.15) is 30.7 Å². The van der Waals surface area contributed by atoms with E-state index in [0.717, 1.165) is 0 Å². The lowest BCUT2D eigenvalue weighted by atomic mass is 10.2. The maximum Gasteiger partial charge on any atom is 0.303 e. The van der Waals surface area contributed by atoms with E-state index < -0.39 is 16.0 Å². The molecule has 1 aromatic heterocycles. The fourth-order valence-electron chi connectivity index (χ4n) is 1.36. The van der Waals surface area contributed by atoms with Crippen LogP contribution in [0.4, 0.5) is 0 Å². The van der Waals surface area contributed by atoms with Crippen molar-refractivity contribution in [2.75, 3.05) is 6.54 Å². The van der Waals surface area contributed by atoms with E-state index in [1.807, 2.05) is 0 Å². The molecule has 0 fully saturated rings. The number of unbranched alkanes of at least 4 members (excludes halogenated alkanes) is 1. The van der Waals surface area contributed by atoms with Crippen LogP contribution < -0.4 is 4.72 Å². The molecule has 0 aliphatic heterocycles. The topological polar surface area (TPSA) is 110 Å². The van der Waals surface area contributed by atoms with Crippen LogP contribution in [0, 0.1) is 6.92 Å². The first-order valence-electron chi connectivity index (χ1n) is 5.50. The lowest BCUT2D eigenvalue weighted by molar-refractivity contribution is -0.137. The molecule has 0 aromatic carbocycles. The Hall–Kier alpha value is -1.41. The van der Waals surface area contributed by atoms with Crippen molar-refractivity contribution in [3.05, 3.63) is 17.5 Å². The summed E-state index contributed by atoms with van der Waals surface area (Å²) in [4.78, 5) is 10.2. The third kappa shape index (κ3) is 5.78. The Bertz CT molecular complexity index is 494. The first-order valence-corrected chi connectivity index (χ1v) is 7.15. The van der Waals surface area contributed by atoms with Gasteiger partial charge in [0.1, 0.15) is 17.2 Å². The van der Waals surface area contributed by atoms with Crippen molar-refractivity contribution >= 4 is 16.0 Å². The molecular weight excluding hydrogens is 260 g/mol. The number of rotatable bonds is 8. The number of carbonyl (C=O) groups is 1. The maximum absolute atomic E-state index is 11.6. The molecular formula is C10H16N2O5S. The van der Waals surface area contributed by atoms with E-state index in [0.29, 0.717) is 24.3 Å². The highest BCUT2D eigenvalue weighted by Crippen LogP contribution is 2.05. The highest BCUT2D eigenvalue weighted by Gasteiger charge is 2.13. The summed E-state index contributed by atoms with van der Waals surface area (Å²) in [5.41, 5.74) is 0.352. The number of nitrogens with zero attached hydrogens (tertiary/aromatic N) is 1. The van der Waals surface area contributed by atoms with Crippen molar-refractivity contribution in [2.45, 2.75) is 31.9 Å². The molecule has 0 saturated heterocycles. The number of sulfonamides is 1.